The first-order valence-electron chi connectivity index (χ1n) is 10.7. The van der Waals surface area contributed by atoms with Crippen molar-refractivity contribution < 1.29 is 9.53 Å². The van der Waals surface area contributed by atoms with Gasteiger partial charge in [0.25, 0.3) is 5.91 Å². The molecule has 0 aliphatic carbocycles. The minimum atomic E-state index is -0.000312. The van der Waals surface area contributed by atoms with Crippen molar-refractivity contribution >= 4 is 11.6 Å². The molecule has 156 valence electrons. The number of hydrogen-bond donors (Lipinski definition) is 1. The summed E-state index contributed by atoms with van der Waals surface area (Å²) < 4.78 is 7.74. The topological polar surface area (TPSA) is 49.7 Å². The first-order valence-corrected chi connectivity index (χ1v) is 10.7. The maximum atomic E-state index is 13.3. The third kappa shape index (κ3) is 4.19. The average molecular weight is 397 g/mol. The van der Waals surface area contributed by atoms with Gasteiger partial charge in [-0.1, -0.05) is 29.8 Å². The number of ether oxygens (including phenoxy) is 1. The van der Waals surface area contributed by atoms with Crippen LogP contribution in [0.5, 0.6) is 0 Å². The van der Waals surface area contributed by atoms with Crippen LogP contribution in [-0.2, 0) is 11.3 Å². The van der Waals surface area contributed by atoms with Crippen LogP contribution in [0, 0.1) is 20.8 Å². The molecule has 1 N–H and O–H groups in total. The van der Waals surface area contributed by atoms with Gasteiger partial charge in [-0.25, -0.2) is 5.01 Å². The van der Waals surface area contributed by atoms with Crippen molar-refractivity contribution in [3.8, 4) is 0 Å². The molecular formula is C23H32N4O2. The highest BCUT2D eigenvalue weighted by molar-refractivity contribution is 5.96. The van der Waals surface area contributed by atoms with Gasteiger partial charge in [0.15, 0.2) is 0 Å². The largest absolute Gasteiger partial charge is 0.378 e. The van der Waals surface area contributed by atoms with Gasteiger partial charge in [-0.15, -0.1) is 0 Å². The predicted octanol–water partition coefficient (Wildman–Crippen LogP) is 3.04. The Morgan fingerprint density at radius 1 is 1.07 bits per heavy atom. The van der Waals surface area contributed by atoms with Crippen LogP contribution >= 0.6 is 0 Å². The Labute approximate surface area is 173 Å². The van der Waals surface area contributed by atoms with Crippen molar-refractivity contribution in [2.45, 2.75) is 40.2 Å². The van der Waals surface area contributed by atoms with E-state index in [1.807, 2.05) is 0 Å². The molecule has 2 saturated heterocycles. The number of anilines is 1. The zero-order chi connectivity index (χ0) is 20.4. The van der Waals surface area contributed by atoms with Crippen molar-refractivity contribution in [2.24, 2.45) is 0 Å². The first-order chi connectivity index (χ1) is 14.0. The fourth-order valence-corrected chi connectivity index (χ4v) is 4.64. The number of morpholine rings is 1. The second-order valence-electron chi connectivity index (χ2n) is 8.22. The standard InChI is InChI=1S/C23H32N4O2/c1-17-7-6-8-20(15-17)16-27-19(3)21(25-11-13-29-14-12-25)18(2)22(27)23(28)24-26-9-4-5-10-26/h6-8,15H,4-5,9-14,16H2,1-3H3,(H,24,28). The van der Waals surface area contributed by atoms with Crippen LogP contribution in [0.2, 0.25) is 0 Å². The maximum Gasteiger partial charge on any atom is 0.282 e. The molecule has 0 radical (unpaired) electrons. The summed E-state index contributed by atoms with van der Waals surface area (Å²) in [5, 5.41) is 2.05. The molecule has 4 rings (SSSR count). The Balaban J connectivity index is 1.72. The van der Waals surface area contributed by atoms with Crippen LogP contribution in [0.25, 0.3) is 0 Å². The fourth-order valence-electron chi connectivity index (χ4n) is 4.64. The summed E-state index contributed by atoms with van der Waals surface area (Å²) >= 11 is 0. The van der Waals surface area contributed by atoms with E-state index in [0.717, 1.165) is 69.2 Å². The number of hydrogen-bond acceptors (Lipinski definition) is 4. The first kappa shape index (κ1) is 20.0. The van der Waals surface area contributed by atoms with E-state index in [4.69, 9.17) is 4.74 Å². The number of benzene rings is 1. The molecule has 2 aliphatic heterocycles. The summed E-state index contributed by atoms with van der Waals surface area (Å²) in [6.45, 7) is 12.1. The van der Waals surface area contributed by atoms with Gasteiger partial charge >= 0.3 is 0 Å². The van der Waals surface area contributed by atoms with Gasteiger partial charge in [0.2, 0.25) is 0 Å². The Bertz CT molecular complexity index is 877. The highest BCUT2D eigenvalue weighted by atomic mass is 16.5. The quantitative estimate of drug-likeness (QED) is 0.844. The van der Waals surface area contributed by atoms with Gasteiger partial charge in [-0.3, -0.25) is 10.2 Å². The molecule has 0 unspecified atom stereocenters. The van der Waals surface area contributed by atoms with Gasteiger partial charge in [0.05, 0.1) is 18.9 Å². The van der Waals surface area contributed by atoms with E-state index in [9.17, 15) is 4.79 Å². The van der Waals surface area contributed by atoms with Crippen LogP contribution in [0.4, 0.5) is 5.69 Å². The van der Waals surface area contributed by atoms with Crippen LogP contribution in [-0.4, -0.2) is 54.9 Å². The fraction of sp³-hybridized carbons (Fsp3) is 0.522. The molecule has 6 heteroatoms. The molecule has 1 amide bonds. The van der Waals surface area contributed by atoms with Crippen LogP contribution < -0.4 is 10.3 Å². The van der Waals surface area contributed by atoms with E-state index in [0.29, 0.717) is 6.54 Å². The minimum Gasteiger partial charge on any atom is -0.378 e. The molecule has 0 spiro atoms. The summed E-state index contributed by atoms with van der Waals surface area (Å²) in [5.41, 5.74) is 9.78. The molecule has 1 aromatic carbocycles. The third-order valence-electron chi connectivity index (χ3n) is 6.06. The van der Waals surface area contributed by atoms with E-state index in [1.54, 1.807) is 0 Å². The molecule has 0 bridgehead atoms. The second-order valence-corrected chi connectivity index (χ2v) is 8.22. The van der Waals surface area contributed by atoms with E-state index in [2.05, 4.69) is 64.9 Å². The lowest BCUT2D eigenvalue weighted by molar-refractivity contribution is 0.0815. The summed E-state index contributed by atoms with van der Waals surface area (Å²) in [4.78, 5) is 15.7. The van der Waals surface area contributed by atoms with E-state index in [-0.39, 0.29) is 5.91 Å². The Morgan fingerprint density at radius 2 is 1.79 bits per heavy atom. The van der Waals surface area contributed by atoms with Crippen LogP contribution in [0.1, 0.15) is 45.7 Å². The van der Waals surface area contributed by atoms with Gasteiger partial charge in [0, 0.05) is 44.0 Å². The van der Waals surface area contributed by atoms with Crippen LogP contribution in [0.3, 0.4) is 0 Å². The summed E-state index contributed by atoms with van der Waals surface area (Å²) in [5.74, 6) is -0.000312. The zero-order valence-corrected chi connectivity index (χ0v) is 17.8. The Hall–Kier alpha value is -2.31. The number of nitrogens with one attached hydrogen (secondary N) is 1. The molecule has 2 aromatic rings. The summed E-state index contributed by atoms with van der Waals surface area (Å²) in [6.07, 6.45) is 2.28. The Morgan fingerprint density at radius 3 is 2.48 bits per heavy atom. The highest BCUT2D eigenvalue weighted by Gasteiger charge is 2.28. The Kier molecular flexibility index (Phi) is 5.92. The SMILES string of the molecule is Cc1cccc(Cn2c(C)c(N3CCOCC3)c(C)c2C(=O)NN2CCCC2)c1. The minimum absolute atomic E-state index is 0.000312. The van der Waals surface area contributed by atoms with Crippen molar-refractivity contribution in [3.05, 3.63) is 52.3 Å². The van der Waals surface area contributed by atoms with Crippen molar-refractivity contribution in [2.75, 3.05) is 44.3 Å². The lowest BCUT2D eigenvalue weighted by atomic mass is 10.1. The normalized spacial score (nSPS) is 17.7. The van der Waals surface area contributed by atoms with Crippen molar-refractivity contribution in [3.63, 3.8) is 0 Å². The number of rotatable bonds is 5. The van der Waals surface area contributed by atoms with Crippen molar-refractivity contribution in [1.82, 2.24) is 15.0 Å². The lowest BCUT2D eigenvalue weighted by Crippen LogP contribution is -2.41. The maximum absolute atomic E-state index is 13.3. The summed E-state index contributed by atoms with van der Waals surface area (Å²) in [7, 11) is 0. The smallest absolute Gasteiger partial charge is 0.282 e. The van der Waals surface area contributed by atoms with E-state index in [1.165, 1.54) is 16.8 Å². The number of aryl methyl sites for hydroxylation is 1. The highest BCUT2D eigenvalue weighted by Crippen LogP contribution is 2.32. The zero-order valence-electron chi connectivity index (χ0n) is 17.8. The molecule has 1 aromatic heterocycles. The number of carbonyl (C=O) groups excluding carboxylic acids is 1. The molecular weight excluding hydrogens is 364 g/mol. The lowest BCUT2D eigenvalue weighted by Gasteiger charge is -2.29. The number of carbonyl (C=O) groups is 1. The third-order valence-corrected chi connectivity index (χ3v) is 6.06. The predicted molar refractivity (Wildman–Crippen MR) is 115 cm³/mol. The van der Waals surface area contributed by atoms with E-state index >= 15 is 0 Å². The molecule has 0 atom stereocenters. The van der Waals surface area contributed by atoms with Crippen LogP contribution in [0.15, 0.2) is 24.3 Å². The molecule has 2 fully saturated rings. The second kappa shape index (κ2) is 8.59. The van der Waals surface area contributed by atoms with E-state index < -0.39 is 0 Å². The van der Waals surface area contributed by atoms with Gasteiger partial charge in [-0.2, -0.15) is 0 Å². The molecule has 3 heterocycles. The number of aromatic nitrogens is 1. The van der Waals surface area contributed by atoms with Gasteiger partial charge in [-0.05, 0) is 39.2 Å². The monoisotopic (exact) mass is 396 g/mol. The summed E-state index contributed by atoms with van der Waals surface area (Å²) in [6, 6.07) is 8.53. The molecule has 0 saturated carbocycles. The number of nitrogens with zero attached hydrogens (tertiary/aromatic N) is 3. The molecule has 2 aliphatic rings. The number of amides is 1. The molecule has 29 heavy (non-hydrogen) atoms. The average Bonchev–Trinajstić information content (AvgIpc) is 3.29. The van der Waals surface area contributed by atoms with Crippen molar-refractivity contribution in [1.29, 1.82) is 0 Å². The number of hydrazine groups is 1. The molecule has 6 nitrogen and oxygen atoms in total. The van der Waals surface area contributed by atoms with Gasteiger partial charge < -0.3 is 14.2 Å². The van der Waals surface area contributed by atoms with Gasteiger partial charge in [0.1, 0.15) is 5.69 Å².